The van der Waals surface area contributed by atoms with E-state index in [9.17, 15) is 13.2 Å². The first-order valence-electron chi connectivity index (χ1n) is 6.49. The third kappa shape index (κ3) is 4.21. The van der Waals surface area contributed by atoms with Crippen molar-refractivity contribution in [3.05, 3.63) is 24.3 Å². The Morgan fingerprint density at radius 2 is 2.10 bits per heavy atom. The minimum Gasteiger partial charge on any atom is -0.355 e. The summed E-state index contributed by atoms with van der Waals surface area (Å²) in [6.45, 7) is 4.60. The fourth-order valence-corrected chi connectivity index (χ4v) is 3.72. The van der Waals surface area contributed by atoms with Crippen LogP contribution in [0, 0.1) is 5.92 Å². The van der Waals surface area contributed by atoms with E-state index in [0.717, 1.165) is 11.8 Å². The van der Waals surface area contributed by atoms with E-state index in [-0.39, 0.29) is 21.7 Å². The Morgan fingerprint density at radius 3 is 2.81 bits per heavy atom. The van der Waals surface area contributed by atoms with Crippen LogP contribution in [0.15, 0.2) is 33.6 Å². The van der Waals surface area contributed by atoms with E-state index >= 15 is 0 Å². The van der Waals surface area contributed by atoms with Gasteiger partial charge in [-0.2, -0.15) is 8.42 Å². The number of hydrogen-bond donors (Lipinski definition) is 2. The fraction of sp³-hybridized carbons (Fsp3) is 0.385. The molecular formula is C13H17N3O3S2. The summed E-state index contributed by atoms with van der Waals surface area (Å²) < 4.78 is 27.7. The molecule has 0 spiro atoms. The second-order valence-corrected chi connectivity index (χ2v) is 7.52. The standard InChI is InChI=1S/C13H17N3O3S2/c1-9(2)7-14-12(17)8-20-13-15-10-5-3-4-6-11(10)21(18,19)16-13/h3-6,9H,7-8H2,1-2H3,(H,14,17)(H,15,16). The average Bonchev–Trinajstić information content (AvgIpc) is 2.42. The van der Waals surface area contributed by atoms with Crippen molar-refractivity contribution in [2.75, 3.05) is 17.6 Å². The van der Waals surface area contributed by atoms with Gasteiger partial charge in [-0.05, 0) is 18.1 Å². The van der Waals surface area contributed by atoms with Crippen molar-refractivity contribution in [2.24, 2.45) is 10.3 Å². The zero-order chi connectivity index (χ0) is 15.5. The van der Waals surface area contributed by atoms with Gasteiger partial charge >= 0.3 is 0 Å². The van der Waals surface area contributed by atoms with Gasteiger partial charge in [0.2, 0.25) is 5.91 Å². The van der Waals surface area contributed by atoms with Crippen LogP contribution >= 0.6 is 11.8 Å². The lowest BCUT2D eigenvalue weighted by atomic mass is 10.2. The molecule has 0 atom stereocenters. The van der Waals surface area contributed by atoms with Gasteiger partial charge < -0.3 is 10.6 Å². The summed E-state index contributed by atoms with van der Waals surface area (Å²) in [4.78, 5) is 11.8. The number of benzene rings is 1. The molecule has 0 unspecified atom stereocenters. The summed E-state index contributed by atoms with van der Waals surface area (Å²) >= 11 is 1.07. The Labute approximate surface area is 128 Å². The Balaban J connectivity index is 2.00. The SMILES string of the molecule is CC(C)CNC(=O)CSC1=NS(=O)(=O)c2ccccc2N1. The molecule has 0 saturated heterocycles. The largest absolute Gasteiger partial charge is 0.355 e. The number of thioether (sulfide) groups is 1. The van der Waals surface area contributed by atoms with Crippen molar-refractivity contribution in [3.8, 4) is 0 Å². The minimum absolute atomic E-state index is 0.121. The highest BCUT2D eigenvalue weighted by Gasteiger charge is 2.24. The van der Waals surface area contributed by atoms with Crippen molar-refractivity contribution in [2.45, 2.75) is 18.7 Å². The van der Waals surface area contributed by atoms with E-state index in [4.69, 9.17) is 0 Å². The number of nitrogens with one attached hydrogen (secondary N) is 2. The number of para-hydroxylation sites is 1. The molecule has 1 heterocycles. The number of nitrogens with zero attached hydrogens (tertiary/aromatic N) is 1. The molecule has 1 aromatic carbocycles. The number of sulfonamides is 1. The van der Waals surface area contributed by atoms with Gasteiger partial charge in [-0.25, -0.2) is 0 Å². The molecule has 1 amide bonds. The third-order valence-corrected chi connectivity index (χ3v) is 4.98. The predicted octanol–water partition coefficient (Wildman–Crippen LogP) is 1.66. The molecule has 1 aromatic rings. The number of carbonyl (C=O) groups excluding carboxylic acids is 1. The van der Waals surface area contributed by atoms with Crippen molar-refractivity contribution in [3.63, 3.8) is 0 Å². The van der Waals surface area contributed by atoms with Crippen LogP contribution in [0.3, 0.4) is 0 Å². The van der Waals surface area contributed by atoms with Crippen LogP contribution in [0.5, 0.6) is 0 Å². The van der Waals surface area contributed by atoms with Gasteiger partial charge in [0.25, 0.3) is 10.0 Å². The lowest BCUT2D eigenvalue weighted by molar-refractivity contribution is -0.118. The number of anilines is 1. The number of carbonyl (C=O) groups is 1. The zero-order valence-electron chi connectivity index (χ0n) is 11.8. The molecule has 0 aliphatic carbocycles. The minimum atomic E-state index is -3.69. The molecule has 0 bridgehead atoms. The van der Waals surface area contributed by atoms with Crippen LogP contribution < -0.4 is 10.6 Å². The van der Waals surface area contributed by atoms with Crippen LogP contribution in [-0.2, 0) is 14.8 Å². The Morgan fingerprint density at radius 1 is 1.38 bits per heavy atom. The number of hydrogen-bond acceptors (Lipinski definition) is 5. The highest BCUT2D eigenvalue weighted by molar-refractivity contribution is 8.15. The van der Waals surface area contributed by atoms with Crippen LogP contribution in [0.4, 0.5) is 5.69 Å². The van der Waals surface area contributed by atoms with E-state index in [1.807, 2.05) is 13.8 Å². The molecule has 8 heteroatoms. The first kappa shape index (κ1) is 15.8. The van der Waals surface area contributed by atoms with Crippen molar-refractivity contribution >= 4 is 38.5 Å². The van der Waals surface area contributed by atoms with Crippen molar-refractivity contribution in [1.82, 2.24) is 5.32 Å². The van der Waals surface area contributed by atoms with Gasteiger partial charge in [0.05, 0.1) is 11.4 Å². The molecule has 6 nitrogen and oxygen atoms in total. The van der Waals surface area contributed by atoms with Gasteiger partial charge in [0.1, 0.15) is 4.90 Å². The topological polar surface area (TPSA) is 87.6 Å². The maximum absolute atomic E-state index is 12.0. The normalized spacial score (nSPS) is 15.9. The summed E-state index contributed by atoms with van der Waals surface area (Å²) in [7, 11) is -3.69. The Bertz CT molecular complexity index is 669. The summed E-state index contributed by atoms with van der Waals surface area (Å²) in [6.07, 6.45) is 0. The Kier molecular flexibility index (Phi) is 4.89. The van der Waals surface area contributed by atoms with Gasteiger partial charge in [-0.1, -0.05) is 37.7 Å². The van der Waals surface area contributed by atoms with Gasteiger partial charge in [0.15, 0.2) is 5.17 Å². The van der Waals surface area contributed by atoms with Crippen LogP contribution in [0.1, 0.15) is 13.8 Å². The molecular weight excluding hydrogens is 310 g/mol. The van der Waals surface area contributed by atoms with Gasteiger partial charge in [-0.3, -0.25) is 4.79 Å². The second-order valence-electron chi connectivity index (χ2n) is 4.98. The molecule has 21 heavy (non-hydrogen) atoms. The van der Waals surface area contributed by atoms with E-state index in [1.54, 1.807) is 18.2 Å². The number of fused-ring (bicyclic) bond motifs is 1. The average molecular weight is 327 g/mol. The summed E-state index contributed by atoms with van der Waals surface area (Å²) in [5, 5.41) is 5.91. The molecule has 114 valence electrons. The molecule has 0 fully saturated rings. The van der Waals surface area contributed by atoms with Crippen molar-refractivity contribution in [1.29, 1.82) is 0 Å². The lowest BCUT2D eigenvalue weighted by Gasteiger charge is -2.17. The summed E-state index contributed by atoms with van der Waals surface area (Å²) in [5.41, 5.74) is 0.484. The van der Waals surface area contributed by atoms with Crippen molar-refractivity contribution < 1.29 is 13.2 Å². The molecule has 1 aliphatic rings. The second kappa shape index (κ2) is 6.48. The van der Waals surface area contributed by atoms with Gasteiger partial charge in [0, 0.05) is 6.54 Å². The summed E-state index contributed by atoms with van der Waals surface area (Å²) in [5.74, 6) is 0.349. The number of amidine groups is 1. The quantitative estimate of drug-likeness (QED) is 0.878. The Hall–Kier alpha value is -1.54. The first-order chi connectivity index (χ1) is 9.88. The highest BCUT2D eigenvalue weighted by atomic mass is 32.2. The highest BCUT2D eigenvalue weighted by Crippen LogP contribution is 2.28. The molecule has 1 aliphatic heterocycles. The van der Waals surface area contributed by atoms with Crippen LogP contribution in [-0.4, -0.2) is 31.8 Å². The molecule has 2 rings (SSSR count). The van der Waals surface area contributed by atoms with E-state index in [1.165, 1.54) is 6.07 Å². The molecule has 2 N–H and O–H groups in total. The smallest absolute Gasteiger partial charge is 0.286 e. The monoisotopic (exact) mass is 327 g/mol. The lowest BCUT2D eigenvalue weighted by Crippen LogP contribution is -2.30. The van der Waals surface area contributed by atoms with E-state index in [2.05, 4.69) is 15.0 Å². The molecule has 0 aromatic heterocycles. The molecule has 0 saturated carbocycles. The van der Waals surface area contributed by atoms with E-state index < -0.39 is 10.0 Å². The van der Waals surface area contributed by atoms with Crippen LogP contribution in [0.2, 0.25) is 0 Å². The number of amides is 1. The summed E-state index contributed by atoms with van der Waals surface area (Å²) in [6, 6.07) is 6.55. The zero-order valence-corrected chi connectivity index (χ0v) is 13.4. The molecule has 0 radical (unpaired) electrons. The fourth-order valence-electron chi connectivity index (χ4n) is 1.66. The maximum Gasteiger partial charge on any atom is 0.286 e. The third-order valence-electron chi connectivity index (χ3n) is 2.66. The number of rotatable bonds is 4. The van der Waals surface area contributed by atoms with Crippen LogP contribution in [0.25, 0.3) is 0 Å². The van der Waals surface area contributed by atoms with E-state index in [0.29, 0.717) is 18.2 Å². The first-order valence-corrected chi connectivity index (χ1v) is 8.91. The predicted molar refractivity (Wildman–Crippen MR) is 85.0 cm³/mol. The maximum atomic E-state index is 12.0. The van der Waals surface area contributed by atoms with Gasteiger partial charge in [-0.15, -0.1) is 4.40 Å².